The molecular formula is C18H27N3O6. The quantitative estimate of drug-likeness (QED) is 0.562. The number of hydrogen-bond donors (Lipinski definition) is 3. The maximum atomic E-state index is 11.9. The Morgan fingerprint density at radius 3 is 2.22 bits per heavy atom. The van der Waals surface area contributed by atoms with Crippen molar-refractivity contribution in [1.82, 2.24) is 5.32 Å². The Balaban J connectivity index is 2.43. The zero-order valence-electron chi connectivity index (χ0n) is 16.1. The molecule has 0 heterocycles. The van der Waals surface area contributed by atoms with Gasteiger partial charge in [-0.3, -0.25) is 9.59 Å². The van der Waals surface area contributed by atoms with Crippen LogP contribution in [-0.2, 0) is 23.8 Å². The van der Waals surface area contributed by atoms with Gasteiger partial charge in [0.1, 0.15) is 18.8 Å². The summed E-state index contributed by atoms with van der Waals surface area (Å²) in [5.41, 5.74) is 0.345. The van der Waals surface area contributed by atoms with Gasteiger partial charge >= 0.3 is 6.09 Å². The zero-order valence-corrected chi connectivity index (χ0v) is 16.1. The maximum Gasteiger partial charge on any atom is 0.408 e. The van der Waals surface area contributed by atoms with E-state index >= 15 is 0 Å². The van der Waals surface area contributed by atoms with Crippen LogP contribution in [0.4, 0.5) is 16.2 Å². The fourth-order valence-corrected chi connectivity index (χ4v) is 1.85. The van der Waals surface area contributed by atoms with Crippen molar-refractivity contribution in [2.24, 2.45) is 0 Å². The lowest BCUT2D eigenvalue weighted by Gasteiger charge is -2.19. The number of carbonyl (C=O) groups excluding carboxylic acids is 3. The summed E-state index contributed by atoms with van der Waals surface area (Å²) in [6.45, 7) is 5.59. The first-order chi connectivity index (χ1) is 12.7. The Morgan fingerprint density at radius 2 is 1.63 bits per heavy atom. The van der Waals surface area contributed by atoms with E-state index in [1.54, 1.807) is 52.1 Å². The van der Waals surface area contributed by atoms with Crippen LogP contribution in [0, 0.1) is 0 Å². The second-order valence-electron chi connectivity index (χ2n) is 6.58. The molecule has 1 aromatic carbocycles. The van der Waals surface area contributed by atoms with Crippen molar-refractivity contribution < 1.29 is 28.6 Å². The van der Waals surface area contributed by atoms with Crippen molar-refractivity contribution in [3.05, 3.63) is 24.3 Å². The van der Waals surface area contributed by atoms with E-state index in [2.05, 4.69) is 16.0 Å². The number of anilines is 2. The smallest absolute Gasteiger partial charge is 0.408 e. The summed E-state index contributed by atoms with van der Waals surface area (Å²) in [5.74, 6) is -0.742. The standard InChI is InChI=1S/C18H27N3O6/c1-18(2,3)27-17(24)19-11-15(22)20-13-6-5-7-14(10-13)21-16(23)12-26-9-8-25-4/h5-7,10H,8-9,11-12H2,1-4H3,(H,19,24)(H,20,22)(H,21,23). The van der Waals surface area contributed by atoms with Gasteiger partial charge in [-0.2, -0.15) is 0 Å². The highest BCUT2D eigenvalue weighted by Crippen LogP contribution is 2.15. The van der Waals surface area contributed by atoms with Crippen LogP contribution >= 0.6 is 0 Å². The molecule has 9 heteroatoms. The van der Waals surface area contributed by atoms with E-state index in [4.69, 9.17) is 14.2 Å². The molecule has 150 valence electrons. The summed E-state index contributed by atoms with van der Waals surface area (Å²) in [6.07, 6.45) is -0.674. The summed E-state index contributed by atoms with van der Waals surface area (Å²) < 4.78 is 15.0. The SMILES string of the molecule is COCCOCC(=O)Nc1cccc(NC(=O)CNC(=O)OC(C)(C)C)c1. The molecule has 1 rings (SSSR count). The van der Waals surface area contributed by atoms with Crippen LogP contribution in [0.2, 0.25) is 0 Å². The van der Waals surface area contributed by atoms with E-state index in [1.807, 2.05) is 0 Å². The van der Waals surface area contributed by atoms with Gasteiger partial charge in [0, 0.05) is 18.5 Å². The number of methoxy groups -OCH3 is 1. The van der Waals surface area contributed by atoms with Crippen molar-refractivity contribution in [2.45, 2.75) is 26.4 Å². The number of hydrogen-bond acceptors (Lipinski definition) is 6. The largest absolute Gasteiger partial charge is 0.444 e. The lowest BCUT2D eigenvalue weighted by molar-refractivity contribution is -0.121. The number of carbonyl (C=O) groups is 3. The molecule has 1 aromatic rings. The Bertz CT molecular complexity index is 642. The minimum atomic E-state index is -0.674. The van der Waals surface area contributed by atoms with Crippen LogP contribution < -0.4 is 16.0 Å². The lowest BCUT2D eigenvalue weighted by atomic mass is 10.2. The molecular weight excluding hydrogens is 354 g/mol. The second kappa shape index (κ2) is 11.1. The van der Waals surface area contributed by atoms with Crippen LogP contribution in [0.3, 0.4) is 0 Å². The van der Waals surface area contributed by atoms with Gasteiger partial charge in [0.15, 0.2) is 0 Å². The molecule has 9 nitrogen and oxygen atoms in total. The molecule has 0 aromatic heterocycles. The fraction of sp³-hybridized carbons (Fsp3) is 0.500. The van der Waals surface area contributed by atoms with E-state index in [1.165, 1.54) is 0 Å². The Kier molecular flexibility index (Phi) is 9.24. The van der Waals surface area contributed by atoms with E-state index in [0.717, 1.165) is 0 Å². The van der Waals surface area contributed by atoms with E-state index in [0.29, 0.717) is 24.6 Å². The zero-order chi connectivity index (χ0) is 20.3. The molecule has 0 aliphatic rings. The monoisotopic (exact) mass is 381 g/mol. The first kappa shape index (κ1) is 22.4. The second-order valence-corrected chi connectivity index (χ2v) is 6.58. The number of nitrogens with one attached hydrogen (secondary N) is 3. The number of rotatable bonds is 9. The third-order valence-corrected chi connectivity index (χ3v) is 2.89. The van der Waals surface area contributed by atoms with Gasteiger partial charge in [-0.25, -0.2) is 4.79 Å². The van der Waals surface area contributed by atoms with Gasteiger partial charge < -0.3 is 30.2 Å². The minimum absolute atomic E-state index is 0.0975. The van der Waals surface area contributed by atoms with Crippen molar-refractivity contribution >= 4 is 29.3 Å². The summed E-state index contributed by atoms with van der Waals surface area (Å²) >= 11 is 0. The van der Waals surface area contributed by atoms with E-state index in [9.17, 15) is 14.4 Å². The predicted molar refractivity (Wildman–Crippen MR) is 101 cm³/mol. The predicted octanol–water partition coefficient (Wildman–Crippen LogP) is 1.75. The molecule has 0 bridgehead atoms. The average Bonchev–Trinajstić information content (AvgIpc) is 2.56. The Labute approximate surface area is 158 Å². The molecule has 0 atom stereocenters. The van der Waals surface area contributed by atoms with E-state index in [-0.39, 0.29) is 19.1 Å². The van der Waals surface area contributed by atoms with Crippen molar-refractivity contribution in [3.8, 4) is 0 Å². The van der Waals surface area contributed by atoms with Crippen molar-refractivity contribution in [2.75, 3.05) is 44.1 Å². The van der Waals surface area contributed by atoms with Crippen LogP contribution in [-0.4, -0.2) is 57.0 Å². The fourth-order valence-electron chi connectivity index (χ4n) is 1.85. The third kappa shape index (κ3) is 10.8. The molecule has 0 spiro atoms. The van der Waals surface area contributed by atoms with Gasteiger partial charge in [0.05, 0.1) is 13.2 Å². The number of amides is 3. The van der Waals surface area contributed by atoms with Crippen LogP contribution in [0.25, 0.3) is 0 Å². The maximum absolute atomic E-state index is 11.9. The topological polar surface area (TPSA) is 115 Å². The van der Waals surface area contributed by atoms with E-state index < -0.39 is 17.6 Å². The summed E-state index contributed by atoms with van der Waals surface area (Å²) in [6, 6.07) is 6.62. The summed E-state index contributed by atoms with van der Waals surface area (Å²) in [4.78, 5) is 35.2. The van der Waals surface area contributed by atoms with Gasteiger partial charge in [0.2, 0.25) is 11.8 Å². The highest BCUT2D eigenvalue weighted by atomic mass is 16.6. The molecule has 0 aliphatic heterocycles. The first-order valence-electron chi connectivity index (χ1n) is 8.43. The highest BCUT2D eigenvalue weighted by Gasteiger charge is 2.16. The van der Waals surface area contributed by atoms with Gasteiger partial charge in [0.25, 0.3) is 0 Å². The molecule has 3 amide bonds. The molecule has 3 N–H and O–H groups in total. The Hall–Kier alpha value is -2.65. The number of alkyl carbamates (subject to hydrolysis) is 1. The van der Waals surface area contributed by atoms with Gasteiger partial charge in [-0.1, -0.05) is 6.07 Å². The van der Waals surface area contributed by atoms with Crippen LogP contribution in [0.5, 0.6) is 0 Å². The third-order valence-electron chi connectivity index (χ3n) is 2.89. The molecule has 27 heavy (non-hydrogen) atoms. The molecule has 0 saturated carbocycles. The van der Waals surface area contributed by atoms with Crippen molar-refractivity contribution in [3.63, 3.8) is 0 Å². The summed E-state index contributed by atoms with van der Waals surface area (Å²) in [7, 11) is 1.55. The van der Waals surface area contributed by atoms with Crippen LogP contribution in [0.15, 0.2) is 24.3 Å². The molecule has 0 radical (unpaired) electrons. The van der Waals surface area contributed by atoms with Crippen LogP contribution in [0.1, 0.15) is 20.8 Å². The molecule has 0 saturated heterocycles. The average molecular weight is 381 g/mol. The molecule has 0 aliphatic carbocycles. The highest BCUT2D eigenvalue weighted by molar-refractivity contribution is 5.96. The van der Waals surface area contributed by atoms with Crippen molar-refractivity contribution in [1.29, 1.82) is 0 Å². The minimum Gasteiger partial charge on any atom is -0.444 e. The van der Waals surface area contributed by atoms with Gasteiger partial charge in [-0.15, -0.1) is 0 Å². The first-order valence-corrected chi connectivity index (χ1v) is 8.43. The molecule has 0 unspecified atom stereocenters. The number of ether oxygens (including phenoxy) is 3. The number of benzene rings is 1. The summed E-state index contributed by atoms with van der Waals surface area (Å²) in [5, 5.41) is 7.66. The normalized spacial score (nSPS) is 10.8. The Morgan fingerprint density at radius 1 is 1.00 bits per heavy atom. The lowest BCUT2D eigenvalue weighted by Crippen LogP contribution is -2.37. The molecule has 0 fully saturated rings. The van der Waals surface area contributed by atoms with Gasteiger partial charge in [-0.05, 0) is 39.0 Å².